The summed E-state index contributed by atoms with van der Waals surface area (Å²) in [7, 11) is 0. The fraction of sp³-hybridized carbons (Fsp3) is 0.375. The Labute approximate surface area is 160 Å². The summed E-state index contributed by atoms with van der Waals surface area (Å²) in [6, 6.07) is 5.96. The average molecular weight is 402 g/mol. The summed E-state index contributed by atoms with van der Waals surface area (Å²) in [4.78, 5) is 46.3. The van der Waals surface area contributed by atoms with E-state index in [0.717, 1.165) is 11.8 Å². The molecule has 0 fully saturated rings. The van der Waals surface area contributed by atoms with E-state index in [9.17, 15) is 19.2 Å². The molecule has 0 saturated carbocycles. The van der Waals surface area contributed by atoms with Gasteiger partial charge >= 0.3 is 12.0 Å². The number of hydrogen-bond acceptors (Lipinski definition) is 6. The minimum Gasteiger partial charge on any atom is -0.452 e. The fourth-order valence-electron chi connectivity index (χ4n) is 1.66. The normalized spacial score (nSPS) is 11.2. The molecular formula is C16H20ClN3O5S. The third-order valence-corrected chi connectivity index (χ3v) is 3.99. The van der Waals surface area contributed by atoms with Gasteiger partial charge < -0.3 is 15.4 Å². The number of carbonyl (C=O) groups is 4. The molecule has 26 heavy (non-hydrogen) atoms. The average Bonchev–Trinajstić information content (AvgIpc) is 2.57. The Bertz CT molecular complexity index is 654. The van der Waals surface area contributed by atoms with Crippen molar-refractivity contribution in [3.8, 4) is 0 Å². The third kappa shape index (κ3) is 8.72. The lowest BCUT2D eigenvalue weighted by atomic mass is 10.3. The topological polar surface area (TPSA) is 114 Å². The van der Waals surface area contributed by atoms with Gasteiger partial charge in [-0.1, -0.05) is 11.6 Å². The van der Waals surface area contributed by atoms with Crippen molar-refractivity contribution in [2.45, 2.75) is 20.0 Å². The summed E-state index contributed by atoms with van der Waals surface area (Å²) in [5.74, 6) is -1.74. The van der Waals surface area contributed by atoms with Gasteiger partial charge in [-0.05, 0) is 38.1 Å². The van der Waals surface area contributed by atoms with E-state index in [1.807, 2.05) is 5.32 Å². The summed E-state index contributed by atoms with van der Waals surface area (Å²) in [5, 5.41) is 7.65. The van der Waals surface area contributed by atoms with Crippen LogP contribution in [0.1, 0.15) is 13.8 Å². The van der Waals surface area contributed by atoms with Gasteiger partial charge in [0.05, 0.1) is 11.5 Å². The first-order chi connectivity index (χ1) is 12.3. The van der Waals surface area contributed by atoms with E-state index in [-0.39, 0.29) is 17.4 Å². The van der Waals surface area contributed by atoms with Gasteiger partial charge in [-0.3, -0.25) is 19.7 Å². The molecule has 4 amide bonds. The van der Waals surface area contributed by atoms with Crippen LogP contribution in [-0.4, -0.2) is 48.0 Å². The van der Waals surface area contributed by atoms with Crippen LogP contribution in [0, 0.1) is 0 Å². The van der Waals surface area contributed by atoms with Gasteiger partial charge in [0.1, 0.15) is 0 Å². The molecule has 1 aromatic rings. The van der Waals surface area contributed by atoms with Gasteiger partial charge in [0, 0.05) is 17.3 Å². The highest BCUT2D eigenvalue weighted by molar-refractivity contribution is 8.00. The second-order valence-electron chi connectivity index (χ2n) is 5.03. The highest BCUT2D eigenvalue weighted by Crippen LogP contribution is 2.14. The summed E-state index contributed by atoms with van der Waals surface area (Å²) in [6.45, 7) is 3.42. The summed E-state index contributed by atoms with van der Waals surface area (Å²) in [6.07, 6.45) is -1.12. The molecule has 0 bridgehead atoms. The lowest BCUT2D eigenvalue weighted by molar-refractivity contribution is -0.151. The molecule has 8 nitrogen and oxygen atoms in total. The molecule has 10 heteroatoms. The van der Waals surface area contributed by atoms with Crippen LogP contribution >= 0.6 is 23.4 Å². The molecule has 3 N–H and O–H groups in total. The Balaban J connectivity index is 2.26. The van der Waals surface area contributed by atoms with Crippen molar-refractivity contribution >= 4 is 52.9 Å². The number of esters is 1. The highest BCUT2D eigenvalue weighted by Gasteiger charge is 2.19. The van der Waals surface area contributed by atoms with E-state index in [2.05, 4.69) is 10.6 Å². The van der Waals surface area contributed by atoms with Crippen LogP contribution in [0.25, 0.3) is 0 Å². The molecule has 0 aliphatic rings. The number of amides is 4. The predicted octanol–water partition coefficient (Wildman–Crippen LogP) is 1.79. The number of imide groups is 1. The van der Waals surface area contributed by atoms with Gasteiger partial charge in [-0.15, -0.1) is 11.8 Å². The molecule has 0 saturated heterocycles. The highest BCUT2D eigenvalue weighted by atomic mass is 35.5. The summed E-state index contributed by atoms with van der Waals surface area (Å²) >= 11 is 6.80. The maximum atomic E-state index is 11.8. The Morgan fingerprint density at radius 2 is 1.81 bits per heavy atom. The van der Waals surface area contributed by atoms with E-state index in [1.165, 1.54) is 6.92 Å². The number of hydrogen-bond donors (Lipinski definition) is 3. The van der Waals surface area contributed by atoms with Gasteiger partial charge in [0.2, 0.25) is 5.91 Å². The number of urea groups is 1. The van der Waals surface area contributed by atoms with Crippen molar-refractivity contribution in [3.05, 3.63) is 29.3 Å². The van der Waals surface area contributed by atoms with E-state index < -0.39 is 24.0 Å². The van der Waals surface area contributed by atoms with Crippen LogP contribution in [0.2, 0.25) is 5.02 Å². The molecule has 1 aromatic carbocycles. The standard InChI is InChI=1S/C16H20ClN3O5S/c1-3-18-16(24)20-15(23)10(2)25-14(22)9-26-8-13(21)19-12-6-4-11(17)5-7-12/h4-7,10H,3,8-9H2,1-2H3,(H,19,21)(H2,18,20,23,24)/t10-/m1/s1. The van der Waals surface area contributed by atoms with Crippen molar-refractivity contribution in [1.29, 1.82) is 0 Å². The Hall–Kier alpha value is -2.26. The maximum absolute atomic E-state index is 11.8. The van der Waals surface area contributed by atoms with Crippen LogP contribution in [0.5, 0.6) is 0 Å². The minimum absolute atomic E-state index is 0.0389. The van der Waals surface area contributed by atoms with Gasteiger partial charge in [0.25, 0.3) is 5.91 Å². The number of benzene rings is 1. The van der Waals surface area contributed by atoms with Crippen molar-refractivity contribution in [2.75, 3.05) is 23.4 Å². The number of carbonyl (C=O) groups excluding carboxylic acids is 4. The molecule has 1 rings (SSSR count). The van der Waals surface area contributed by atoms with E-state index in [4.69, 9.17) is 16.3 Å². The van der Waals surface area contributed by atoms with Gasteiger partial charge in [-0.2, -0.15) is 0 Å². The van der Waals surface area contributed by atoms with Gasteiger partial charge in [0.15, 0.2) is 6.10 Å². The first-order valence-electron chi connectivity index (χ1n) is 7.73. The quantitative estimate of drug-likeness (QED) is 0.572. The zero-order valence-corrected chi connectivity index (χ0v) is 15.9. The monoisotopic (exact) mass is 401 g/mol. The van der Waals surface area contributed by atoms with Crippen LogP contribution in [0.3, 0.4) is 0 Å². The maximum Gasteiger partial charge on any atom is 0.321 e. The molecule has 142 valence electrons. The molecule has 0 aliphatic heterocycles. The molecule has 1 atom stereocenters. The van der Waals surface area contributed by atoms with E-state index in [1.54, 1.807) is 31.2 Å². The number of anilines is 1. The smallest absolute Gasteiger partial charge is 0.321 e. The summed E-state index contributed by atoms with van der Waals surface area (Å²) in [5.41, 5.74) is 0.596. The molecule has 0 unspecified atom stereocenters. The molecular weight excluding hydrogens is 382 g/mol. The number of halogens is 1. The zero-order valence-electron chi connectivity index (χ0n) is 14.3. The third-order valence-electron chi connectivity index (χ3n) is 2.83. The van der Waals surface area contributed by atoms with Crippen molar-refractivity contribution in [3.63, 3.8) is 0 Å². The fourth-order valence-corrected chi connectivity index (χ4v) is 2.38. The minimum atomic E-state index is -1.12. The predicted molar refractivity (Wildman–Crippen MR) is 100 cm³/mol. The number of nitrogens with one attached hydrogen (secondary N) is 3. The molecule has 0 radical (unpaired) electrons. The number of thioether (sulfide) groups is 1. The van der Waals surface area contributed by atoms with Crippen LogP contribution in [-0.2, 0) is 19.1 Å². The Kier molecular flexibility index (Phi) is 9.53. The second kappa shape index (κ2) is 11.4. The van der Waals surface area contributed by atoms with Gasteiger partial charge in [-0.25, -0.2) is 4.79 Å². The second-order valence-corrected chi connectivity index (χ2v) is 6.45. The van der Waals surface area contributed by atoms with E-state index in [0.29, 0.717) is 17.3 Å². The van der Waals surface area contributed by atoms with Crippen LogP contribution in [0.4, 0.5) is 10.5 Å². The molecule has 0 spiro atoms. The molecule has 0 aromatic heterocycles. The van der Waals surface area contributed by atoms with Crippen LogP contribution in [0.15, 0.2) is 24.3 Å². The first-order valence-corrected chi connectivity index (χ1v) is 9.26. The van der Waals surface area contributed by atoms with Crippen molar-refractivity contribution < 1.29 is 23.9 Å². The lowest BCUT2D eigenvalue weighted by Gasteiger charge is -2.13. The first kappa shape index (κ1) is 21.8. The lowest BCUT2D eigenvalue weighted by Crippen LogP contribution is -2.44. The Morgan fingerprint density at radius 3 is 2.42 bits per heavy atom. The molecule has 0 aliphatic carbocycles. The SMILES string of the molecule is CCNC(=O)NC(=O)[C@@H](C)OC(=O)CSCC(=O)Nc1ccc(Cl)cc1. The van der Waals surface area contributed by atoms with E-state index >= 15 is 0 Å². The largest absolute Gasteiger partial charge is 0.452 e. The van der Waals surface area contributed by atoms with Crippen LogP contribution < -0.4 is 16.0 Å². The zero-order chi connectivity index (χ0) is 19.5. The molecule has 0 heterocycles. The number of rotatable bonds is 8. The van der Waals surface area contributed by atoms with Crippen molar-refractivity contribution in [2.24, 2.45) is 0 Å². The van der Waals surface area contributed by atoms with Crippen molar-refractivity contribution in [1.82, 2.24) is 10.6 Å². The summed E-state index contributed by atoms with van der Waals surface area (Å²) < 4.78 is 4.91. The number of ether oxygens (including phenoxy) is 1. The Morgan fingerprint density at radius 1 is 1.15 bits per heavy atom.